The fourth-order valence-corrected chi connectivity index (χ4v) is 7.42. The standard InChI is InChI=1S/C31H51N3O5S/c1-7-40(38,39)31(5,6)19-28(36)32-25(17-22-13-9-8-10-14-22)27(35)21-34-20-24-16-12-11-15-23(24)18-26(34)29(37)33-30(2,3)4/h8-10,13-14,23-27,35H,7,11-12,15-21H2,1-6H3,(H,32,36)(H,33,37)/t23-,24?,25-,26-,27+/m0/s1. The zero-order chi connectivity index (χ0) is 29.7. The number of fused-ring (bicyclic) bond motifs is 1. The van der Waals surface area contributed by atoms with Gasteiger partial charge in [0.2, 0.25) is 11.8 Å². The van der Waals surface area contributed by atoms with E-state index in [1.165, 1.54) is 12.8 Å². The smallest absolute Gasteiger partial charge is 0.237 e. The number of carbonyl (C=O) groups excluding carboxylic acids is 2. The predicted octanol–water partition coefficient (Wildman–Crippen LogP) is 3.47. The van der Waals surface area contributed by atoms with Crippen molar-refractivity contribution < 1.29 is 23.1 Å². The van der Waals surface area contributed by atoms with Crippen molar-refractivity contribution in [3.63, 3.8) is 0 Å². The summed E-state index contributed by atoms with van der Waals surface area (Å²) in [5.74, 6) is 0.551. The second-order valence-electron chi connectivity index (χ2n) is 13.5. The molecule has 2 aliphatic rings. The largest absolute Gasteiger partial charge is 0.390 e. The SMILES string of the molecule is CCS(=O)(=O)C(C)(C)CC(=O)N[C@@H](Cc1ccccc1)[C@H](O)CN1CC2CCCC[C@H]2C[C@H]1C(=O)NC(C)(C)C. The molecule has 40 heavy (non-hydrogen) atoms. The number of β-amino-alcohol motifs (C(OH)–C–C–N with tert-alkyl or cyclic N) is 1. The number of hydrogen-bond acceptors (Lipinski definition) is 6. The van der Waals surface area contributed by atoms with Crippen molar-refractivity contribution in [3.05, 3.63) is 35.9 Å². The van der Waals surface area contributed by atoms with Crippen molar-refractivity contribution in [2.75, 3.05) is 18.8 Å². The van der Waals surface area contributed by atoms with E-state index in [1.807, 2.05) is 51.1 Å². The quantitative estimate of drug-likeness (QED) is 0.371. The van der Waals surface area contributed by atoms with Gasteiger partial charge in [0.05, 0.1) is 22.9 Å². The van der Waals surface area contributed by atoms with E-state index in [4.69, 9.17) is 0 Å². The van der Waals surface area contributed by atoms with Gasteiger partial charge in [-0.1, -0.05) is 56.5 Å². The summed E-state index contributed by atoms with van der Waals surface area (Å²) < 4.78 is 23.9. The monoisotopic (exact) mass is 577 g/mol. The summed E-state index contributed by atoms with van der Waals surface area (Å²) in [6, 6.07) is 8.67. The lowest BCUT2D eigenvalue weighted by Gasteiger charge is -2.47. The summed E-state index contributed by atoms with van der Waals surface area (Å²) in [6.07, 6.45) is 4.71. The highest BCUT2D eigenvalue weighted by molar-refractivity contribution is 7.92. The molecule has 1 aromatic rings. The first kappa shape index (κ1) is 32.5. The Hall–Kier alpha value is -1.97. The van der Waals surface area contributed by atoms with E-state index in [2.05, 4.69) is 15.5 Å². The Kier molecular flexibility index (Phi) is 10.9. The van der Waals surface area contributed by atoms with E-state index in [0.29, 0.717) is 18.3 Å². The van der Waals surface area contributed by atoms with Crippen LogP contribution in [-0.2, 0) is 25.8 Å². The minimum Gasteiger partial charge on any atom is -0.390 e. The first-order valence-electron chi connectivity index (χ1n) is 14.9. The lowest BCUT2D eigenvalue weighted by atomic mass is 9.72. The Labute approximate surface area is 241 Å². The molecule has 0 radical (unpaired) electrons. The van der Waals surface area contributed by atoms with Gasteiger partial charge in [0.15, 0.2) is 9.84 Å². The summed E-state index contributed by atoms with van der Waals surface area (Å²) >= 11 is 0. The average Bonchev–Trinajstić information content (AvgIpc) is 2.87. The van der Waals surface area contributed by atoms with E-state index < -0.39 is 32.6 Å². The van der Waals surface area contributed by atoms with Gasteiger partial charge in [-0.25, -0.2) is 8.42 Å². The summed E-state index contributed by atoms with van der Waals surface area (Å²) in [5.41, 5.74) is 0.598. The fraction of sp³-hybridized carbons (Fsp3) is 0.742. The van der Waals surface area contributed by atoms with E-state index in [9.17, 15) is 23.1 Å². The van der Waals surface area contributed by atoms with Crippen LogP contribution >= 0.6 is 0 Å². The van der Waals surface area contributed by atoms with Crippen LogP contribution in [0.2, 0.25) is 0 Å². The van der Waals surface area contributed by atoms with Crippen LogP contribution in [0.25, 0.3) is 0 Å². The molecule has 0 bridgehead atoms. The second-order valence-corrected chi connectivity index (χ2v) is 16.4. The van der Waals surface area contributed by atoms with Crippen molar-refractivity contribution in [2.45, 2.75) is 115 Å². The zero-order valence-corrected chi connectivity index (χ0v) is 26.1. The van der Waals surface area contributed by atoms with Gasteiger partial charge in [-0.15, -0.1) is 0 Å². The lowest BCUT2D eigenvalue weighted by molar-refractivity contribution is -0.133. The highest BCUT2D eigenvalue weighted by atomic mass is 32.2. The molecular weight excluding hydrogens is 526 g/mol. The topological polar surface area (TPSA) is 116 Å². The minimum absolute atomic E-state index is 0.0149. The summed E-state index contributed by atoms with van der Waals surface area (Å²) in [4.78, 5) is 28.7. The number of benzene rings is 1. The van der Waals surface area contributed by atoms with Crippen LogP contribution in [0.4, 0.5) is 0 Å². The molecule has 3 N–H and O–H groups in total. The Morgan fingerprint density at radius 3 is 2.27 bits per heavy atom. The van der Waals surface area contributed by atoms with Crippen LogP contribution in [0.3, 0.4) is 0 Å². The van der Waals surface area contributed by atoms with Gasteiger partial charge in [0.25, 0.3) is 0 Å². The molecule has 2 amide bonds. The molecule has 1 unspecified atom stereocenters. The van der Waals surface area contributed by atoms with Crippen molar-refractivity contribution in [2.24, 2.45) is 11.8 Å². The Bertz CT molecular complexity index is 1100. The molecular formula is C31H51N3O5S. The van der Waals surface area contributed by atoms with Crippen LogP contribution < -0.4 is 10.6 Å². The molecule has 1 heterocycles. The van der Waals surface area contributed by atoms with Gasteiger partial charge in [0, 0.05) is 30.8 Å². The zero-order valence-electron chi connectivity index (χ0n) is 25.3. The summed E-state index contributed by atoms with van der Waals surface area (Å²) in [7, 11) is -3.45. The van der Waals surface area contributed by atoms with Crippen LogP contribution in [-0.4, -0.2) is 77.6 Å². The number of likely N-dealkylation sites (tertiary alicyclic amines) is 1. The Balaban J connectivity index is 1.81. The van der Waals surface area contributed by atoms with Crippen LogP contribution in [0.5, 0.6) is 0 Å². The average molecular weight is 578 g/mol. The molecule has 2 fully saturated rings. The van der Waals surface area contributed by atoms with Crippen LogP contribution in [0, 0.1) is 11.8 Å². The molecule has 1 aliphatic carbocycles. The van der Waals surface area contributed by atoms with Gasteiger partial charge in [-0.2, -0.15) is 0 Å². The molecule has 1 saturated heterocycles. The summed E-state index contributed by atoms with van der Waals surface area (Å²) in [6.45, 7) is 11.6. The van der Waals surface area contributed by atoms with E-state index in [1.54, 1.807) is 20.8 Å². The van der Waals surface area contributed by atoms with Crippen molar-refractivity contribution >= 4 is 21.7 Å². The fourth-order valence-electron chi connectivity index (χ4n) is 6.29. The number of piperidine rings is 1. The molecule has 5 atom stereocenters. The van der Waals surface area contributed by atoms with Crippen molar-refractivity contribution in [1.29, 1.82) is 0 Å². The minimum atomic E-state index is -3.45. The highest BCUT2D eigenvalue weighted by Gasteiger charge is 2.42. The number of amides is 2. The molecule has 1 saturated carbocycles. The van der Waals surface area contributed by atoms with E-state index >= 15 is 0 Å². The Morgan fingerprint density at radius 1 is 1.05 bits per heavy atom. The number of hydrogen-bond donors (Lipinski definition) is 3. The van der Waals surface area contributed by atoms with Crippen LogP contribution in [0.1, 0.15) is 85.6 Å². The third kappa shape index (κ3) is 8.76. The number of aliphatic hydroxyl groups excluding tert-OH is 1. The van der Waals surface area contributed by atoms with E-state index in [-0.39, 0.29) is 36.2 Å². The van der Waals surface area contributed by atoms with E-state index in [0.717, 1.165) is 31.4 Å². The number of nitrogens with one attached hydrogen (secondary N) is 2. The third-order valence-corrected chi connectivity index (χ3v) is 11.2. The molecule has 0 spiro atoms. The van der Waals surface area contributed by atoms with Gasteiger partial charge in [-0.3, -0.25) is 14.5 Å². The van der Waals surface area contributed by atoms with Gasteiger partial charge >= 0.3 is 0 Å². The predicted molar refractivity (Wildman–Crippen MR) is 160 cm³/mol. The number of nitrogens with zero attached hydrogens (tertiary/aromatic N) is 1. The second kappa shape index (κ2) is 13.3. The molecule has 1 aromatic carbocycles. The normalized spacial score (nSPS) is 24.0. The van der Waals surface area contributed by atoms with Crippen LogP contribution in [0.15, 0.2) is 30.3 Å². The number of carbonyl (C=O) groups is 2. The van der Waals surface area contributed by atoms with Crippen molar-refractivity contribution in [1.82, 2.24) is 15.5 Å². The maximum atomic E-state index is 13.4. The number of aliphatic hydroxyl groups is 1. The molecule has 0 aromatic heterocycles. The molecule has 9 heteroatoms. The van der Waals surface area contributed by atoms with Gasteiger partial charge in [-0.05, 0) is 71.3 Å². The highest BCUT2D eigenvalue weighted by Crippen LogP contribution is 2.39. The lowest BCUT2D eigenvalue weighted by Crippen LogP contribution is -2.60. The number of sulfone groups is 1. The first-order chi connectivity index (χ1) is 18.6. The number of rotatable bonds is 11. The van der Waals surface area contributed by atoms with Crippen molar-refractivity contribution in [3.8, 4) is 0 Å². The van der Waals surface area contributed by atoms with Gasteiger partial charge in [0.1, 0.15) is 0 Å². The molecule has 1 aliphatic heterocycles. The third-order valence-electron chi connectivity index (χ3n) is 8.64. The molecule has 8 nitrogen and oxygen atoms in total. The molecule has 226 valence electrons. The summed E-state index contributed by atoms with van der Waals surface area (Å²) in [5, 5.41) is 17.7. The Morgan fingerprint density at radius 2 is 1.68 bits per heavy atom. The van der Waals surface area contributed by atoms with Gasteiger partial charge < -0.3 is 15.7 Å². The maximum Gasteiger partial charge on any atom is 0.237 e. The maximum absolute atomic E-state index is 13.4. The first-order valence-corrected chi connectivity index (χ1v) is 16.6. The molecule has 3 rings (SSSR count).